The number of hydrogen-bond acceptors (Lipinski definition) is 3. The highest BCUT2D eigenvalue weighted by Crippen LogP contribution is 2.28. The van der Waals surface area contributed by atoms with Gasteiger partial charge in [-0.25, -0.2) is 0 Å². The van der Waals surface area contributed by atoms with Crippen LogP contribution < -0.4 is 16.0 Å². The number of rotatable bonds is 8. The molecule has 0 aliphatic heterocycles. The molecular weight excluding hydrogens is 522 g/mol. The summed E-state index contributed by atoms with van der Waals surface area (Å²) in [5, 5.41) is 8.81. The van der Waals surface area contributed by atoms with Crippen molar-refractivity contribution in [3.63, 3.8) is 0 Å². The number of carbonyl (C=O) groups excluding carboxylic acids is 3. The lowest BCUT2D eigenvalue weighted by Gasteiger charge is -2.22. The maximum Gasteiger partial charge on any atom is 0.228 e. The van der Waals surface area contributed by atoms with Crippen molar-refractivity contribution < 1.29 is 14.4 Å². The lowest BCUT2D eigenvalue weighted by molar-refractivity contribution is -0.127. The fraction of sp³-hybridized carbons (Fsp3) is 0.417. The molecule has 42 heavy (non-hydrogen) atoms. The topological polar surface area (TPSA) is 87.3 Å². The molecule has 0 atom stereocenters. The van der Waals surface area contributed by atoms with Crippen molar-refractivity contribution in [3.05, 3.63) is 89.5 Å². The van der Waals surface area contributed by atoms with Gasteiger partial charge < -0.3 is 16.0 Å². The van der Waals surface area contributed by atoms with Crippen LogP contribution in [0.25, 0.3) is 0 Å². The minimum atomic E-state index is -0.875. The summed E-state index contributed by atoms with van der Waals surface area (Å²) in [7, 11) is 0. The van der Waals surface area contributed by atoms with Gasteiger partial charge in [0.25, 0.3) is 0 Å². The van der Waals surface area contributed by atoms with Crippen LogP contribution >= 0.6 is 0 Å². The summed E-state index contributed by atoms with van der Waals surface area (Å²) in [6.45, 7) is 19.0. The van der Waals surface area contributed by atoms with Gasteiger partial charge in [0.1, 0.15) is 0 Å². The van der Waals surface area contributed by atoms with Crippen LogP contribution in [-0.2, 0) is 30.6 Å². The maximum atomic E-state index is 13.5. The smallest absolute Gasteiger partial charge is 0.228 e. The molecule has 0 saturated carbocycles. The molecule has 6 nitrogen and oxygen atoms in total. The van der Waals surface area contributed by atoms with E-state index < -0.39 is 5.92 Å². The zero-order valence-electron chi connectivity index (χ0n) is 26.6. The molecule has 3 N–H and O–H groups in total. The van der Waals surface area contributed by atoms with Crippen LogP contribution in [0.2, 0.25) is 0 Å². The molecule has 0 aliphatic carbocycles. The molecule has 224 valence electrons. The van der Waals surface area contributed by atoms with Crippen molar-refractivity contribution in [2.45, 2.75) is 91.4 Å². The SMILES string of the molecule is CC(C)(C)c1cccc(NC(=O)CC(CC(=O)Nc2cccc(C(C)(C)C)c2)C(=O)Nc2cccc(C(C)(C)C)c2)c1. The number of anilines is 3. The first-order valence-electron chi connectivity index (χ1n) is 14.6. The Kier molecular flexibility index (Phi) is 10.0. The number of nitrogens with one attached hydrogen (secondary N) is 3. The molecule has 0 saturated heterocycles. The van der Waals surface area contributed by atoms with E-state index in [1.807, 2.05) is 72.8 Å². The second kappa shape index (κ2) is 12.9. The number of amides is 3. The zero-order chi connectivity index (χ0) is 31.3. The molecule has 3 aromatic carbocycles. The monoisotopic (exact) mass is 569 g/mol. The quantitative estimate of drug-likeness (QED) is 0.256. The van der Waals surface area contributed by atoms with Gasteiger partial charge in [-0.1, -0.05) is 98.7 Å². The summed E-state index contributed by atoms with van der Waals surface area (Å²) < 4.78 is 0. The Morgan fingerprint density at radius 3 is 1.14 bits per heavy atom. The summed E-state index contributed by atoms with van der Waals surface area (Å²) in [5.74, 6) is -1.91. The number of hydrogen-bond donors (Lipinski definition) is 3. The van der Waals surface area contributed by atoms with Crippen LogP contribution in [-0.4, -0.2) is 17.7 Å². The van der Waals surface area contributed by atoms with Crippen LogP contribution in [0.1, 0.15) is 91.8 Å². The van der Waals surface area contributed by atoms with Gasteiger partial charge in [-0.3, -0.25) is 14.4 Å². The average Bonchev–Trinajstić information content (AvgIpc) is 2.87. The Labute approximate surface area is 251 Å². The summed E-state index contributed by atoms with van der Waals surface area (Å²) in [5.41, 5.74) is 4.96. The van der Waals surface area contributed by atoms with E-state index >= 15 is 0 Å². The highest BCUT2D eigenvalue weighted by molar-refractivity contribution is 6.02. The lowest BCUT2D eigenvalue weighted by atomic mass is 9.87. The molecule has 3 amide bonds. The first-order valence-corrected chi connectivity index (χ1v) is 14.6. The van der Waals surface area contributed by atoms with E-state index in [2.05, 4.69) is 78.3 Å². The van der Waals surface area contributed by atoms with E-state index in [0.29, 0.717) is 17.1 Å². The molecule has 6 heteroatoms. The Balaban J connectivity index is 1.80. The highest BCUT2D eigenvalue weighted by atomic mass is 16.2. The Hall–Kier alpha value is -3.93. The third-order valence-electron chi connectivity index (χ3n) is 7.26. The van der Waals surface area contributed by atoms with Gasteiger partial charge in [0, 0.05) is 29.9 Å². The third kappa shape index (κ3) is 9.57. The molecule has 0 radical (unpaired) electrons. The summed E-state index contributed by atoms with van der Waals surface area (Å²) in [4.78, 5) is 39.9. The van der Waals surface area contributed by atoms with E-state index in [0.717, 1.165) is 16.7 Å². The molecule has 0 unspecified atom stereocenters. The van der Waals surface area contributed by atoms with Crippen molar-refractivity contribution in [1.82, 2.24) is 0 Å². The van der Waals surface area contributed by atoms with Gasteiger partial charge in [-0.2, -0.15) is 0 Å². The largest absolute Gasteiger partial charge is 0.326 e. The van der Waals surface area contributed by atoms with Gasteiger partial charge >= 0.3 is 0 Å². The molecule has 0 fully saturated rings. The summed E-state index contributed by atoms with van der Waals surface area (Å²) in [6.07, 6.45) is -0.278. The molecule has 0 bridgehead atoms. The predicted molar refractivity (Wildman–Crippen MR) is 174 cm³/mol. The minimum absolute atomic E-state index is 0.0763. The van der Waals surface area contributed by atoms with Gasteiger partial charge in [0.2, 0.25) is 17.7 Å². The summed E-state index contributed by atoms with van der Waals surface area (Å²) >= 11 is 0. The number of carbonyl (C=O) groups is 3. The van der Waals surface area contributed by atoms with Crippen molar-refractivity contribution in [2.24, 2.45) is 5.92 Å². The van der Waals surface area contributed by atoms with E-state index in [9.17, 15) is 14.4 Å². The maximum absolute atomic E-state index is 13.5. The van der Waals surface area contributed by atoms with Crippen molar-refractivity contribution >= 4 is 34.8 Å². The molecule has 0 aliphatic rings. The van der Waals surface area contributed by atoms with Gasteiger partial charge in [0.15, 0.2) is 0 Å². The van der Waals surface area contributed by atoms with E-state index in [1.165, 1.54) is 0 Å². The molecule has 0 heterocycles. The standard InChI is InChI=1S/C36H47N3O3/c1-34(2,3)25-13-10-16-28(21-25)37-31(40)19-24(33(42)39-30-18-12-15-27(23-30)36(7,8)9)20-32(41)38-29-17-11-14-26(22-29)35(4,5)6/h10-18,21-24H,19-20H2,1-9H3,(H,37,40)(H,38,41)(H,39,42). The van der Waals surface area contributed by atoms with Crippen molar-refractivity contribution in [2.75, 3.05) is 16.0 Å². The lowest BCUT2D eigenvalue weighted by Crippen LogP contribution is -2.31. The fourth-order valence-corrected chi connectivity index (χ4v) is 4.56. The van der Waals surface area contributed by atoms with E-state index in [-0.39, 0.29) is 46.8 Å². The first-order chi connectivity index (χ1) is 19.4. The fourth-order valence-electron chi connectivity index (χ4n) is 4.56. The van der Waals surface area contributed by atoms with Crippen molar-refractivity contribution in [1.29, 1.82) is 0 Å². The predicted octanol–water partition coefficient (Wildman–Crippen LogP) is 8.19. The second-order valence-electron chi connectivity index (χ2n) is 14.2. The Morgan fingerprint density at radius 1 is 0.524 bits per heavy atom. The van der Waals surface area contributed by atoms with Gasteiger partial charge in [-0.05, 0) is 69.3 Å². The number of benzene rings is 3. The Morgan fingerprint density at radius 2 is 0.833 bits per heavy atom. The third-order valence-corrected chi connectivity index (χ3v) is 7.26. The van der Waals surface area contributed by atoms with Crippen LogP contribution in [0.4, 0.5) is 17.1 Å². The molecular formula is C36H47N3O3. The highest BCUT2D eigenvalue weighted by Gasteiger charge is 2.26. The summed E-state index contributed by atoms with van der Waals surface area (Å²) in [6, 6.07) is 23.1. The van der Waals surface area contributed by atoms with Crippen molar-refractivity contribution in [3.8, 4) is 0 Å². The zero-order valence-corrected chi connectivity index (χ0v) is 26.6. The second-order valence-corrected chi connectivity index (χ2v) is 14.2. The van der Waals surface area contributed by atoms with Crippen LogP contribution in [0.5, 0.6) is 0 Å². The first kappa shape index (κ1) is 32.6. The molecule has 0 aromatic heterocycles. The van der Waals surface area contributed by atoms with Gasteiger partial charge in [0.05, 0.1) is 5.92 Å². The molecule has 3 rings (SSSR count). The van der Waals surface area contributed by atoms with E-state index in [4.69, 9.17) is 0 Å². The minimum Gasteiger partial charge on any atom is -0.326 e. The van der Waals surface area contributed by atoms with E-state index in [1.54, 1.807) is 0 Å². The van der Waals surface area contributed by atoms with Gasteiger partial charge in [-0.15, -0.1) is 0 Å². The molecule has 0 spiro atoms. The average molecular weight is 570 g/mol. The normalized spacial score (nSPS) is 12.1. The Bertz CT molecular complexity index is 1350. The van der Waals surface area contributed by atoms with Crippen LogP contribution in [0, 0.1) is 5.92 Å². The van der Waals surface area contributed by atoms with Crippen LogP contribution in [0.15, 0.2) is 72.8 Å². The molecule has 3 aromatic rings. The van der Waals surface area contributed by atoms with Crippen LogP contribution in [0.3, 0.4) is 0 Å².